The van der Waals surface area contributed by atoms with Gasteiger partial charge < -0.3 is 19.9 Å². The van der Waals surface area contributed by atoms with E-state index >= 15 is 0 Å². The van der Waals surface area contributed by atoms with Crippen LogP contribution in [0.25, 0.3) is 0 Å². The van der Waals surface area contributed by atoms with Gasteiger partial charge in [-0.3, -0.25) is 4.90 Å². The maximum absolute atomic E-state index is 5.59. The molecule has 3 rings (SSSR count). The van der Waals surface area contributed by atoms with E-state index < -0.39 is 0 Å². The Kier molecular flexibility index (Phi) is 10.2. The van der Waals surface area contributed by atoms with Crippen molar-refractivity contribution in [3.63, 3.8) is 0 Å². The third-order valence-electron chi connectivity index (χ3n) is 5.96. The van der Waals surface area contributed by atoms with E-state index in [1.54, 1.807) is 0 Å². The lowest BCUT2D eigenvalue weighted by atomic mass is 9.80. The molecule has 1 saturated heterocycles. The Balaban J connectivity index is 0.00000300. The Morgan fingerprint density at radius 2 is 1.93 bits per heavy atom. The lowest BCUT2D eigenvalue weighted by Gasteiger charge is -2.48. The van der Waals surface area contributed by atoms with E-state index in [0.29, 0.717) is 12.5 Å². The summed E-state index contributed by atoms with van der Waals surface area (Å²) in [6.07, 6.45) is 6.47. The normalized spacial score (nSPS) is 20.3. The monoisotopic (exact) mass is 519 g/mol. The number of guanidine groups is 1. The first-order valence-corrected chi connectivity index (χ1v) is 10.9. The SMILES string of the molecule is CCNC(=NCc1cc(C(C)C)no1)NCC1(N2CCOCC2)CCCCC1.I. The molecule has 0 atom stereocenters. The fourth-order valence-corrected chi connectivity index (χ4v) is 4.27. The van der Waals surface area contributed by atoms with Crippen LogP contribution in [0.4, 0.5) is 0 Å². The molecule has 0 unspecified atom stereocenters. The van der Waals surface area contributed by atoms with Gasteiger partial charge in [0.05, 0.1) is 18.9 Å². The quantitative estimate of drug-likeness (QED) is 0.327. The van der Waals surface area contributed by atoms with Crippen LogP contribution in [0.2, 0.25) is 0 Å². The van der Waals surface area contributed by atoms with Crippen LogP contribution in [0, 0.1) is 0 Å². The summed E-state index contributed by atoms with van der Waals surface area (Å²) in [5, 5.41) is 11.1. The van der Waals surface area contributed by atoms with Crippen LogP contribution in [-0.2, 0) is 11.3 Å². The topological polar surface area (TPSA) is 74.9 Å². The summed E-state index contributed by atoms with van der Waals surface area (Å²) in [5.41, 5.74) is 1.20. The molecule has 0 radical (unpaired) electrons. The third-order valence-corrected chi connectivity index (χ3v) is 5.96. The van der Waals surface area contributed by atoms with Crippen molar-refractivity contribution in [2.24, 2.45) is 4.99 Å². The highest BCUT2D eigenvalue weighted by molar-refractivity contribution is 14.0. The number of aliphatic imine (C=N–C) groups is 1. The van der Waals surface area contributed by atoms with Crippen LogP contribution in [0.1, 0.15) is 70.2 Å². The zero-order valence-electron chi connectivity index (χ0n) is 18.2. The largest absolute Gasteiger partial charge is 0.379 e. The van der Waals surface area contributed by atoms with Gasteiger partial charge in [0.1, 0.15) is 6.54 Å². The molecular formula is C21H38IN5O2. The second kappa shape index (κ2) is 12.1. The van der Waals surface area contributed by atoms with Gasteiger partial charge >= 0.3 is 0 Å². The second-order valence-corrected chi connectivity index (χ2v) is 8.31. The maximum atomic E-state index is 5.59. The van der Waals surface area contributed by atoms with Crippen molar-refractivity contribution in [3.8, 4) is 0 Å². The van der Waals surface area contributed by atoms with E-state index in [-0.39, 0.29) is 29.5 Å². The maximum Gasteiger partial charge on any atom is 0.191 e. The number of halogens is 1. The van der Waals surface area contributed by atoms with E-state index in [4.69, 9.17) is 14.3 Å². The van der Waals surface area contributed by atoms with Crippen molar-refractivity contribution in [1.29, 1.82) is 0 Å². The molecule has 1 aliphatic heterocycles. The molecule has 2 fully saturated rings. The smallest absolute Gasteiger partial charge is 0.191 e. The number of aromatic nitrogens is 1. The minimum absolute atomic E-state index is 0. The molecular weight excluding hydrogens is 481 g/mol. The summed E-state index contributed by atoms with van der Waals surface area (Å²) < 4.78 is 11.0. The van der Waals surface area contributed by atoms with Crippen LogP contribution >= 0.6 is 24.0 Å². The molecule has 8 heteroatoms. The number of ether oxygens (including phenoxy) is 1. The molecule has 29 heavy (non-hydrogen) atoms. The molecule has 2 aliphatic rings. The van der Waals surface area contributed by atoms with Gasteiger partial charge in [-0.2, -0.15) is 0 Å². The molecule has 7 nitrogen and oxygen atoms in total. The number of hydrogen-bond donors (Lipinski definition) is 2. The zero-order chi connectivity index (χ0) is 19.8. The van der Waals surface area contributed by atoms with Gasteiger partial charge in [0.25, 0.3) is 0 Å². The van der Waals surface area contributed by atoms with Gasteiger partial charge in [-0.25, -0.2) is 4.99 Å². The van der Waals surface area contributed by atoms with Crippen LogP contribution in [0.15, 0.2) is 15.6 Å². The minimum atomic E-state index is 0. The highest BCUT2D eigenvalue weighted by Crippen LogP contribution is 2.33. The van der Waals surface area contributed by atoms with Gasteiger partial charge in [0, 0.05) is 37.8 Å². The molecule has 0 bridgehead atoms. The lowest BCUT2D eigenvalue weighted by Crippen LogP contribution is -2.60. The lowest BCUT2D eigenvalue weighted by molar-refractivity contribution is -0.0352. The predicted molar refractivity (Wildman–Crippen MR) is 127 cm³/mol. The number of nitrogens with zero attached hydrogens (tertiary/aromatic N) is 3. The van der Waals surface area contributed by atoms with Gasteiger partial charge in [-0.1, -0.05) is 38.3 Å². The van der Waals surface area contributed by atoms with Crippen LogP contribution in [0.3, 0.4) is 0 Å². The number of hydrogen-bond acceptors (Lipinski definition) is 5. The average Bonchev–Trinajstić information content (AvgIpc) is 3.21. The zero-order valence-corrected chi connectivity index (χ0v) is 20.5. The van der Waals surface area contributed by atoms with E-state index in [1.807, 2.05) is 6.07 Å². The minimum Gasteiger partial charge on any atom is -0.379 e. The van der Waals surface area contributed by atoms with Gasteiger partial charge in [0.2, 0.25) is 0 Å². The van der Waals surface area contributed by atoms with Crippen molar-refractivity contribution in [1.82, 2.24) is 20.7 Å². The Labute approximate surface area is 192 Å². The molecule has 1 aliphatic carbocycles. The Morgan fingerprint density at radius 1 is 1.21 bits per heavy atom. The molecule has 166 valence electrons. The molecule has 2 heterocycles. The summed E-state index contributed by atoms with van der Waals surface area (Å²) in [6, 6.07) is 2.01. The molecule has 1 aromatic rings. The molecule has 1 saturated carbocycles. The molecule has 2 N–H and O–H groups in total. The second-order valence-electron chi connectivity index (χ2n) is 8.31. The molecule has 0 amide bonds. The van der Waals surface area contributed by atoms with Crippen LogP contribution < -0.4 is 10.6 Å². The van der Waals surface area contributed by atoms with Crippen molar-refractivity contribution in [3.05, 3.63) is 17.5 Å². The number of morpholine rings is 1. The van der Waals surface area contributed by atoms with Crippen molar-refractivity contribution in [2.45, 2.75) is 70.9 Å². The highest BCUT2D eigenvalue weighted by atomic mass is 127. The number of nitrogens with one attached hydrogen (secondary N) is 2. The van der Waals surface area contributed by atoms with Gasteiger partial charge in [0.15, 0.2) is 11.7 Å². The number of rotatable bonds is 7. The van der Waals surface area contributed by atoms with Crippen molar-refractivity contribution >= 4 is 29.9 Å². The first kappa shape index (κ1) is 24.4. The first-order chi connectivity index (χ1) is 13.6. The fourth-order valence-electron chi connectivity index (χ4n) is 4.27. The molecule has 0 spiro atoms. The first-order valence-electron chi connectivity index (χ1n) is 10.9. The van der Waals surface area contributed by atoms with E-state index in [0.717, 1.165) is 56.8 Å². The van der Waals surface area contributed by atoms with Gasteiger partial charge in [-0.05, 0) is 25.7 Å². The summed E-state index contributed by atoms with van der Waals surface area (Å²) in [5.74, 6) is 2.03. The van der Waals surface area contributed by atoms with E-state index in [2.05, 4.69) is 41.5 Å². The average molecular weight is 519 g/mol. The Bertz CT molecular complexity index is 622. The summed E-state index contributed by atoms with van der Waals surface area (Å²) in [7, 11) is 0. The summed E-state index contributed by atoms with van der Waals surface area (Å²) in [4.78, 5) is 7.38. The van der Waals surface area contributed by atoms with Crippen LogP contribution in [-0.4, -0.2) is 60.9 Å². The Morgan fingerprint density at radius 3 is 2.55 bits per heavy atom. The summed E-state index contributed by atoms with van der Waals surface area (Å²) in [6.45, 7) is 12.4. The fraction of sp³-hybridized carbons (Fsp3) is 0.810. The standard InChI is InChI=1S/C21H37N5O2.HI/c1-4-22-20(23-15-18-14-19(17(2)3)25-28-18)24-16-21(8-6-5-7-9-21)26-10-12-27-13-11-26;/h14,17H,4-13,15-16H2,1-3H3,(H2,22,23,24);1H. The van der Waals surface area contributed by atoms with Gasteiger partial charge in [-0.15, -0.1) is 24.0 Å². The predicted octanol–water partition coefficient (Wildman–Crippen LogP) is 3.51. The molecule has 0 aromatic carbocycles. The highest BCUT2D eigenvalue weighted by Gasteiger charge is 2.38. The van der Waals surface area contributed by atoms with Crippen LogP contribution in [0.5, 0.6) is 0 Å². The van der Waals surface area contributed by atoms with Crippen molar-refractivity contribution < 1.29 is 9.26 Å². The summed E-state index contributed by atoms with van der Waals surface area (Å²) >= 11 is 0. The third kappa shape index (κ3) is 6.82. The van der Waals surface area contributed by atoms with Crippen molar-refractivity contribution in [2.75, 3.05) is 39.4 Å². The van der Waals surface area contributed by atoms with E-state index in [1.165, 1.54) is 32.1 Å². The Hall–Kier alpha value is -0.870. The molecule has 1 aromatic heterocycles. The van der Waals surface area contributed by atoms with E-state index in [9.17, 15) is 0 Å².